The van der Waals surface area contributed by atoms with Crippen molar-refractivity contribution in [2.45, 2.75) is 20.8 Å². The van der Waals surface area contributed by atoms with E-state index in [9.17, 15) is 15.0 Å². The molecule has 0 fully saturated rings. The number of carboxylic acid groups (broad SMARTS) is 1. The molecule has 2 rings (SSSR count). The van der Waals surface area contributed by atoms with Crippen LogP contribution in [-0.4, -0.2) is 23.3 Å². The zero-order valence-corrected chi connectivity index (χ0v) is 12.5. The second-order valence-corrected chi connectivity index (χ2v) is 5.15. The van der Waals surface area contributed by atoms with Gasteiger partial charge in [0.05, 0.1) is 12.7 Å². The summed E-state index contributed by atoms with van der Waals surface area (Å²) in [6.45, 7) is 5.88. The Bertz CT molecular complexity index is 694. The van der Waals surface area contributed by atoms with Gasteiger partial charge in [-0.2, -0.15) is 0 Å². The third kappa shape index (κ3) is 2.70. The summed E-state index contributed by atoms with van der Waals surface area (Å²) in [5.74, 6) is -0.946. The molecule has 0 saturated carbocycles. The van der Waals surface area contributed by atoms with Crippen LogP contribution in [0.3, 0.4) is 0 Å². The number of phenols is 1. The van der Waals surface area contributed by atoms with Gasteiger partial charge in [-0.05, 0) is 49.6 Å². The maximum atomic E-state index is 11.3. The molecule has 2 aromatic carbocycles. The number of aromatic hydroxyl groups is 1. The monoisotopic (exact) mass is 286 g/mol. The molecule has 0 spiro atoms. The van der Waals surface area contributed by atoms with E-state index in [1.807, 2.05) is 32.9 Å². The van der Waals surface area contributed by atoms with E-state index in [4.69, 9.17) is 4.74 Å². The van der Waals surface area contributed by atoms with Crippen LogP contribution in [0, 0.1) is 20.8 Å². The number of phenolic OH excluding ortho intramolecular Hbond substituents is 1. The summed E-state index contributed by atoms with van der Waals surface area (Å²) < 4.78 is 5.09. The minimum absolute atomic E-state index is 0.0439. The topological polar surface area (TPSA) is 66.8 Å². The maximum Gasteiger partial charge on any atom is 0.335 e. The van der Waals surface area contributed by atoms with Gasteiger partial charge >= 0.3 is 5.97 Å². The molecular weight excluding hydrogens is 268 g/mol. The van der Waals surface area contributed by atoms with Crippen LogP contribution in [0.25, 0.3) is 11.1 Å². The van der Waals surface area contributed by atoms with Crippen LogP contribution < -0.4 is 4.74 Å². The normalized spacial score (nSPS) is 10.5. The molecule has 0 saturated heterocycles. The van der Waals surface area contributed by atoms with Crippen LogP contribution in [0.2, 0.25) is 0 Å². The number of aromatic carboxylic acids is 1. The van der Waals surface area contributed by atoms with Crippen molar-refractivity contribution in [3.8, 4) is 22.6 Å². The van der Waals surface area contributed by atoms with E-state index in [-0.39, 0.29) is 17.1 Å². The number of benzene rings is 2. The summed E-state index contributed by atoms with van der Waals surface area (Å²) in [7, 11) is 1.40. The lowest BCUT2D eigenvalue weighted by Gasteiger charge is -2.15. The molecule has 0 atom stereocenters. The van der Waals surface area contributed by atoms with Crippen LogP contribution in [0.5, 0.6) is 11.5 Å². The number of carbonyl (C=O) groups is 1. The molecule has 110 valence electrons. The fourth-order valence-electron chi connectivity index (χ4n) is 2.68. The average molecular weight is 286 g/mol. The second kappa shape index (κ2) is 5.48. The average Bonchev–Trinajstić information content (AvgIpc) is 2.39. The van der Waals surface area contributed by atoms with Gasteiger partial charge in [-0.1, -0.05) is 17.7 Å². The van der Waals surface area contributed by atoms with Crippen LogP contribution >= 0.6 is 0 Å². The Balaban J connectivity index is 2.80. The van der Waals surface area contributed by atoms with Crippen molar-refractivity contribution in [3.05, 3.63) is 46.5 Å². The summed E-state index contributed by atoms with van der Waals surface area (Å²) >= 11 is 0. The summed E-state index contributed by atoms with van der Waals surface area (Å²) in [6.07, 6.45) is 0. The van der Waals surface area contributed by atoms with Crippen LogP contribution in [0.4, 0.5) is 0 Å². The van der Waals surface area contributed by atoms with Crippen molar-refractivity contribution < 1.29 is 19.7 Å². The van der Waals surface area contributed by atoms with E-state index in [2.05, 4.69) is 0 Å². The first-order chi connectivity index (χ1) is 9.85. The van der Waals surface area contributed by atoms with Gasteiger partial charge in [0, 0.05) is 5.56 Å². The predicted octanol–water partition coefficient (Wildman–Crippen LogP) is 3.69. The quantitative estimate of drug-likeness (QED) is 0.903. The molecule has 0 aliphatic heterocycles. The minimum Gasteiger partial charge on any atom is -0.504 e. The molecule has 0 aliphatic carbocycles. The summed E-state index contributed by atoms with van der Waals surface area (Å²) in [6, 6.07) is 6.80. The number of aryl methyl sites for hydroxylation is 3. The largest absolute Gasteiger partial charge is 0.504 e. The molecule has 0 amide bonds. The number of hydrogen-bond acceptors (Lipinski definition) is 3. The Morgan fingerprint density at radius 2 is 1.62 bits per heavy atom. The SMILES string of the molecule is COc1cc(C(=O)O)cc(-c2c(C)cc(C)cc2C)c1O. The van der Waals surface area contributed by atoms with E-state index < -0.39 is 5.97 Å². The molecule has 2 N–H and O–H groups in total. The smallest absolute Gasteiger partial charge is 0.335 e. The zero-order valence-electron chi connectivity index (χ0n) is 12.5. The molecule has 4 nitrogen and oxygen atoms in total. The first-order valence-corrected chi connectivity index (χ1v) is 6.57. The highest BCUT2D eigenvalue weighted by atomic mass is 16.5. The Morgan fingerprint density at radius 3 is 2.10 bits per heavy atom. The first-order valence-electron chi connectivity index (χ1n) is 6.57. The van der Waals surface area contributed by atoms with E-state index in [1.165, 1.54) is 19.2 Å². The zero-order chi connectivity index (χ0) is 15.7. The molecule has 0 radical (unpaired) electrons. The van der Waals surface area contributed by atoms with Gasteiger partial charge in [0.25, 0.3) is 0 Å². The lowest BCUT2D eigenvalue weighted by Crippen LogP contribution is -2.00. The van der Waals surface area contributed by atoms with Gasteiger partial charge < -0.3 is 14.9 Å². The number of methoxy groups -OCH3 is 1. The lowest BCUT2D eigenvalue weighted by molar-refractivity contribution is 0.0696. The summed E-state index contributed by atoms with van der Waals surface area (Å²) in [5, 5.41) is 19.6. The Hall–Kier alpha value is -2.49. The van der Waals surface area contributed by atoms with Gasteiger partial charge in [-0.3, -0.25) is 0 Å². The van der Waals surface area contributed by atoms with Crippen molar-refractivity contribution >= 4 is 5.97 Å². The van der Waals surface area contributed by atoms with Crippen molar-refractivity contribution in [2.75, 3.05) is 7.11 Å². The standard InChI is InChI=1S/C17H18O4/c1-9-5-10(2)15(11(3)6-9)13-7-12(17(19)20)8-14(21-4)16(13)18/h5-8,18H,1-4H3,(H,19,20). The number of rotatable bonds is 3. The van der Waals surface area contributed by atoms with Crippen molar-refractivity contribution in [3.63, 3.8) is 0 Å². The van der Waals surface area contributed by atoms with Crippen LogP contribution in [-0.2, 0) is 0 Å². The highest BCUT2D eigenvalue weighted by Crippen LogP contribution is 2.41. The highest BCUT2D eigenvalue weighted by molar-refractivity contribution is 5.92. The molecular formula is C17H18O4. The molecule has 2 aromatic rings. The Labute approximate surface area is 123 Å². The molecule has 0 aliphatic rings. The van der Waals surface area contributed by atoms with Crippen molar-refractivity contribution in [1.82, 2.24) is 0 Å². The van der Waals surface area contributed by atoms with Gasteiger partial charge in [0.1, 0.15) is 0 Å². The third-order valence-electron chi connectivity index (χ3n) is 3.49. The van der Waals surface area contributed by atoms with Gasteiger partial charge in [0.2, 0.25) is 0 Å². The Kier molecular flexibility index (Phi) is 3.89. The number of carboxylic acids is 1. The number of ether oxygens (including phenoxy) is 1. The van der Waals surface area contributed by atoms with Crippen LogP contribution in [0.15, 0.2) is 24.3 Å². The second-order valence-electron chi connectivity index (χ2n) is 5.15. The molecule has 0 bridgehead atoms. The van der Waals surface area contributed by atoms with E-state index in [0.29, 0.717) is 5.56 Å². The van der Waals surface area contributed by atoms with Gasteiger partial charge in [0.15, 0.2) is 11.5 Å². The minimum atomic E-state index is -1.06. The lowest BCUT2D eigenvalue weighted by atomic mass is 9.92. The van der Waals surface area contributed by atoms with Crippen molar-refractivity contribution in [2.24, 2.45) is 0 Å². The van der Waals surface area contributed by atoms with Gasteiger partial charge in [-0.25, -0.2) is 4.79 Å². The fourth-order valence-corrected chi connectivity index (χ4v) is 2.68. The highest BCUT2D eigenvalue weighted by Gasteiger charge is 2.18. The summed E-state index contributed by atoms with van der Waals surface area (Å²) in [4.78, 5) is 11.3. The van der Waals surface area contributed by atoms with E-state index in [1.54, 1.807) is 0 Å². The van der Waals surface area contributed by atoms with Crippen molar-refractivity contribution in [1.29, 1.82) is 0 Å². The van der Waals surface area contributed by atoms with Gasteiger partial charge in [-0.15, -0.1) is 0 Å². The molecule has 0 heterocycles. The fraction of sp³-hybridized carbons (Fsp3) is 0.235. The van der Waals surface area contributed by atoms with Crippen LogP contribution in [0.1, 0.15) is 27.0 Å². The predicted molar refractivity (Wildman–Crippen MR) is 81.3 cm³/mol. The van der Waals surface area contributed by atoms with E-state index >= 15 is 0 Å². The Morgan fingerprint density at radius 1 is 1.05 bits per heavy atom. The molecule has 4 heteroatoms. The molecule has 21 heavy (non-hydrogen) atoms. The van der Waals surface area contributed by atoms with E-state index in [0.717, 1.165) is 22.3 Å². The number of hydrogen-bond donors (Lipinski definition) is 2. The maximum absolute atomic E-state index is 11.3. The first kappa shape index (κ1) is 14.9. The third-order valence-corrected chi connectivity index (χ3v) is 3.49. The molecule has 0 aromatic heterocycles. The summed E-state index contributed by atoms with van der Waals surface area (Å²) in [5.41, 5.74) is 4.47. The molecule has 0 unspecified atom stereocenters.